The minimum Gasteiger partial charge on any atom is -0.497 e. The van der Waals surface area contributed by atoms with Gasteiger partial charge < -0.3 is 19.3 Å². The third-order valence-electron chi connectivity index (χ3n) is 3.73. The zero-order valence-corrected chi connectivity index (χ0v) is 16.3. The van der Waals surface area contributed by atoms with Gasteiger partial charge in [0.1, 0.15) is 17.5 Å². The van der Waals surface area contributed by atoms with Crippen LogP contribution in [0.4, 0.5) is 0 Å². The molecule has 0 aliphatic heterocycles. The highest BCUT2D eigenvalue weighted by Crippen LogP contribution is 2.26. The van der Waals surface area contributed by atoms with E-state index in [1.54, 1.807) is 32.2 Å². The topological polar surface area (TPSA) is 86.5 Å². The Morgan fingerprint density at radius 2 is 2.08 bits per heavy atom. The van der Waals surface area contributed by atoms with Gasteiger partial charge in [-0.05, 0) is 25.5 Å². The zero-order valence-electron chi connectivity index (χ0n) is 16.3. The summed E-state index contributed by atoms with van der Waals surface area (Å²) in [4.78, 5) is 17.1. The lowest BCUT2D eigenvalue weighted by Gasteiger charge is -2.15. The summed E-state index contributed by atoms with van der Waals surface area (Å²) in [5.41, 5.74) is 0.212. The molecule has 0 aliphatic rings. The Kier molecular flexibility index (Phi) is 6.23. The van der Waals surface area contributed by atoms with Crippen LogP contribution in [0, 0.1) is 0 Å². The molecule has 0 radical (unpaired) electrons. The van der Waals surface area contributed by atoms with Crippen molar-refractivity contribution in [2.45, 2.75) is 52.5 Å². The summed E-state index contributed by atoms with van der Waals surface area (Å²) in [6.45, 7) is 10.3. The molecule has 0 bridgehead atoms. The van der Waals surface area contributed by atoms with Crippen LogP contribution in [0.25, 0.3) is 0 Å². The molecule has 1 atom stereocenters. The lowest BCUT2D eigenvalue weighted by atomic mass is 9.96. The smallest absolute Gasteiger partial charge is 0.255 e. The molecule has 0 saturated heterocycles. The third kappa shape index (κ3) is 4.74. The lowest BCUT2D eigenvalue weighted by molar-refractivity contribution is 0.0928. The van der Waals surface area contributed by atoms with Crippen LogP contribution in [-0.2, 0) is 5.41 Å². The average Bonchev–Trinajstić information content (AvgIpc) is 3.10. The van der Waals surface area contributed by atoms with E-state index in [1.165, 1.54) is 0 Å². The Hall–Kier alpha value is -2.57. The number of methoxy groups -OCH3 is 1. The number of aromatic nitrogens is 2. The van der Waals surface area contributed by atoms with Crippen LogP contribution in [0.1, 0.15) is 69.2 Å². The van der Waals surface area contributed by atoms with Crippen LogP contribution in [0.3, 0.4) is 0 Å². The first-order chi connectivity index (χ1) is 12.3. The summed E-state index contributed by atoms with van der Waals surface area (Å²) >= 11 is 0. The largest absolute Gasteiger partial charge is 0.497 e. The Labute approximate surface area is 154 Å². The van der Waals surface area contributed by atoms with Crippen molar-refractivity contribution in [2.24, 2.45) is 0 Å². The number of hydrogen-bond acceptors (Lipinski definition) is 6. The van der Waals surface area contributed by atoms with Gasteiger partial charge >= 0.3 is 0 Å². The van der Waals surface area contributed by atoms with Gasteiger partial charge in [-0.2, -0.15) is 4.98 Å². The fraction of sp³-hybridized carbons (Fsp3) is 0.526. The quantitative estimate of drug-likeness (QED) is 0.810. The number of hydrogen-bond donors (Lipinski definition) is 1. The van der Waals surface area contributed by atoms with E-state index in [0.29, 0.717) is 35.4 Å². The molecule has 1 heterocycles. The van der Waals surface area contributed by atoms with Crippen LogP contribution in [0.5, 0.6) is 11.5 Å². The van der Waals surface area contributed by atoms with Crippen molar-refractivity contribution < 1.29 is 18.8 Å². The molecule has 7 heteroatoms. The molecule has 1 aromatic heterocycles. The Balaban J connectivity index is 2.17. The minimum absolute atomic E-state index is 0.220. The standard InChI is InChI=1S/C19H27N3O4/c1-7-10-25-15-11-13(24-6)8-9-14(15)16(23)20-12(2)17-21-18(22-26-17)19(3,4)5/h8-9,11-12H,7,10H2,1-6H3,(H,20,23). The number of carbonyl (C=O) groups is 1. The van der Waals surface area contributed by atoms with Crippen molar-refractivity contribution in [1.29, 1.82) is 0 Å². The van der Waals surface area contributed by atoms with E-state index in [9.17, 15) is 4.79 Å². The van der Waals surface area contributed by atoms with Crippen molar-refractivity contribution in [1.82, 2.24) is 15.5 Å². The zero-order chi connectivity index (χ0) is 19.3. The second kappa shape index (κ2) is 8.21. The molecule has 2 rings (SSSR count). The Morgan fingerprint density at radius 1 is 1.35 bits per heavy atom. The molecule has 1 N–H and O–H groups in total. The highest BCUT2D eigenvalue weighted by Gasteiger charge is 2.24. The maximum Gasteiger partial charge on any atom is 0.255 e. The second-order valence-electron chi connectivity index (χ2n) is 7.11. The number of benzene rings is 1. The van der Waals surface area contributed by atoms with Crippen LogP contribution in [-0.4, -0.2) is 29.8 Å². The van der Waals surface area contributed by atoms with Crippen molar-refractivity contribution in [2.75, 3.05) is 13.7 Å². The molecule has 7 nitrogen and oxygen atoms in total. The van der Waals surface area contributed by atoms with Gasteiger partial charge in [-0.3, -0.25) is 4.79 Å². The van der Waals surface area contributed by atoms with Gasteiger partial charge in [-0.15, -0.1) is 0 Å². The molecule has 0 spiro atoms. The Bertz CT molecular complexity index is 749. The molecule has 0 aliphatic carbocycles. The van der Waals surface area contributed by atoms with Gasteiger partial charge in [0.05, 0.1) is 19.3 Å². The molecule has 1 amide bonds. The molecule has 1 aromatic carbocycles. The number of nitrogens with zero attached hydrogens (tertiary/aromatic N) is 2. The van der Waals surface area contributed by atoms with Crippen molar-refractivity contribution in [3.8, 4) is 11.5 Å². The normalized spacial score (nSPS) is 12.5. The fourth-order valence-corrected chi connectivity index (χ4v) is 2.20. The number of nitrogens with one attached hydrogen (secondary N) is 1. The summed E-state index contributed by atoms with van der Waals surface area (Å²) in [6.07, 6.45) is 0.840. The van der Waals surface area contributed by atoms with Gasteiger partial charge in [-0.1, -0.05) is 32.9 Å². The summed E-state index contributed by atoms with van der Waals surface area (Å²) < 4.78 is 16.2. The van der Waals surface area contributed by atoms with Gasteiger partial charge in [-0.25, -0.2) is 0 Å². The lowest BCUT2D eigenvalue weighted by Crippen LogP contribution is -2.27. The van der Waals surface area contributed by atoms with Crippen LogP contribution in [0.2, 0.25) is 0 Å². The first-order valence-corrected chi connectivity index (χ1v) is 8.72. The van der Waals surface area contributed by atoms with E-state index in [2.05, 4.69) is 15.5 Å². The second-order valence-corrected chi connectivity index (χ2v) is 7.11. The highest BCUT2D eigenvalue weighted by molar-refractivity contribution is 5.97. The first kappa shape index (κ1) is 19.8. The predicted molar refractivity (Wildman–Crippen MR) is 97.7 cm³/mol. The third-order valence-corrected chi connectivity index (χ3v) is 3.73. The molecule has 2 aromatic rings. The van der Waals surface area contributed by atoms with E-state index >= 15 is 0 Å². The molecular formula is C19H27N3O4. The fourth-order valence-electron chi connectivity index (χ4n) is 2.20. The SMILES string of the molecule is CCCOc1cc(OC)ccc1C(=O)NC(C)c1nc(C(C)(C)C)no1. The van der Waals surface area contributed by atoms with E-state index in [-0.39, 0.29) is 11.3 Å². The van der Waals surface area contributed by atoms with Crippen molar-refractivity contribution in [3.05, 3.63) is 35.5 Å². The van der Waals surface area contributed by atoms with Gasteiger partial charge in [0.25, 0.3) is 5.91 Å². The molecule has 0 fully saturated rings. The molecule has 1 unspecified atom stereocenters. The first-order valence-electron chi connectivity index (χ1n) is 8.72. The molecule has 142 valence electrons. The highest BCUT2D eigenvalue weighted by atomic mass is 16.5. The van der Waals surface area contributed by atoms with E-state index < -0.39 is 6.04 Å². The molecule has 26 heavy (non-hydrogen) atoms. The average molecular weight is 361 g/mol. The predicted octanol–water partition coefficient (Wildman–Crippen LogP) is 3.66. The van der Waals surface area contributed by atoms with E-state index in [0.717, 1.165) is 6.42 Å². The van der Waals surface area contributed by atoms with Gasteiger partial charge in [0.2, 0.25) is 5.89 Å². The van der Waals surface area contributed by atoms with Crippen LogP contribution < -0.4 is 14.8 Å². The van der Waals surface area contributed by atoms with Crippen molar-refractivity contribution >= 4 is 5.91 Å². The van der Waals surface area contributed by atoms with E-state index in [1.807, 2.05) is 27.7 Å². The van der Waals surface area contributed by atoms with Gasteiger partial charge in [0.15, 0.2) is 5.82 Å². The number of rotatable bonds is 7. The summed E-state index contributed by atoms with van der Waals surface area (Å²) in [5, 5.41) is 6.87. The summed E-state index contributed by atoms with van der Waals surface area (Å²) in [6, 6.07) is 4.69. The van der Waals surface area contributed by atoms with Crippen molar-refractivity contribution in [3.63, 3.8) is 0 Å². The number of amides is 1. The van der Waals surface area contributed by atoms with Gasteiger partial charge in [0, 0.05) is 11.5 Å². The maximum atomic E-state index is 12.7. The van der Waals surface area contributed by atoms with Crippen LogP contribution in [0.15, 0.2) is 22.7 Å². The number of ether oxygens (including phenoxy) is 2. The molecular weight excluding hydrogens is 334 g/mol. The molecule has 0 saturated carbocycles. The van der Waals surface area contributed by atoms with E-state index in [4.69, 9.17) is 14.0 Å². The van der Waals surface area contributed by atoms with Crippen LogP contribution >= 0.6 is 0 Å². The Morgan fingerprint density at radius 3 is 2.65 bits per heavy atom. The minimum atomic E-state index is -0.424. The summed E-state index contributed by atoms with van der Waals surface area (Å²) in [5.74, 6) is 1.81. The maximum absolute atomic E-state index is 12.7. The number of carbonyl (C=O) groups excluding carboxylic acids is 1. The monoisotopic (exact) mass is 361 g/mol. The summed E-state index contributed by atoms with van der Waals surface area (Å²) in [7, 11) is 1.57.